The molecule has 100 valence electrons. The van der Waals surface area contributed by atoms with Gasteiger partial charge < -0.3 is 15.4 Å². The summed E-state index contributed by atoms with van der Waals surface area (Å²) in [6, 6.07) is -0.120. The first-order chi connectivity index (χ1) is 8.65. The number of hydrogen-bond donors (Lipinski definition) is 2. The minimum atomic E-state index is -0.216. The van der Waals surface area contributed by atoms with Crippen molar-refractivity contribution in [1.29, 1.82) is 0 Å². The number of halogens is 1. The van der Waals surface area contributed by atoms with Crippen LogP contribution in [0.1, 0.15) is 18.5 Å². The second-order valence-electron chi connectivity index (χ2n) is 4.34. The average molecular weight is 273 g/mol. The zero-order valence-electron chi connectivity index (χ0n) is 10.3. The van der Waals surface area contributed by atoms with Gasteiger partial charge in [0.2, 0.25) is 0 Å². The topological polar surface area (TPSA) is 68.2 Å². The van der Waals surface area contributed by atoms with Crippen LogP contribution in [0.5, 0.6) is 0 Å². The molecule has 2 N–H and O–H groups in total. The number of nitrogens with zero attached hydrogens (tertiary/aromatic N) is 2. The van der Waals surface area contributed by atoms with E-state index < -0.39 is 0 Å². The highest BCUT2D eigenvalue weighted by molar-refractivity contribution is 6.31. The van der Waals surface area contributed by atoms with Gasteiger partial charge in [0.15, 0.2) is 0 Å². The van der Waals surface area contributed by atoms with E-state index in [0.29, 0.717) is 23.9 Å². The third-order valence-corrected chi connectivity index (χ3v) is 3.08. The number of carbonyl (C=O) groups excluding carboxylic acids is 1. The lowest BCUT2D eigenvalue weighted by Gasteiger charge is -2.23. The summed E-state index contributed by atoms with van der Waals surface area (Å²) in [5, 5.41) is 10.3. The highest BCUT2D eigenvalue weighted by Crippen LogP contribution is 2.12. The van der Waals surface area contributed by atoms with E-state index in [2.05, 4.69) is 15.7 Å². The Hall–Kier alpha value is -1.27. The van der Waals surface area contributed by atoms with Gasteiger partial charge in [-0.3, -0.25) is 4.68 Å². The molecule has 0 radical (unpaired) electrons. The molecule has 0 aliphatic carbocycles. The maximum absolute atomic E-state index is 11.6. The largest absolute Gasteiger partial charge is 0.379 e. The lowest BCUT2D eigenvalue weighted by atomic mass is 10.1. The van der Waals surface area contributed by atoms with E-state index in [1.807, 2.05) is 0 Å². The number of aromatic nitrogens is 2. The fourth-order valence-electron chi connectivity index (χ4n) is 1.88. The molecule has 0 saturated carbocycles. The summed E-state index contributed by atoms with van der Waals surface area (Å²) in [5.74, 6) is 0. The van der Waals surface area contributed by atoms with Gasteiger partial charge in [-0.15, -0.1) is 0 Å². The summed E-state index contributed by atoms with van der Waals surface area (Å²) < 4.78 is 6.91. The van der Waals surface area contributed by atoms with Gasteiger partial charge in [-0.2, -0.15) is 5.10 Å². The molecule has 18 heavy (non-hydrogen) atoms. The number of hydrogen-bond acceptors (Lipinski definition) is 3. The Labute approximate surface area is 111 Å². The molecule has 2 rings (SSSR count). The maximum atomic E-state index is 11.6. The number of urea groups is 1. The maximum Gasteiger partial charge on any atom is 0.315 e. The van der Waals surface area contributed by atoms with Crippen molar-refractivity contribution in [2.45, 2.75) is 25.4 Å². The predicted molar refractivity (Wildman–Crippen MR) is 67.4 cm³/mol. The van der Waals surface area contributed by atoms with Crippen LogP contribution in [0.3, 0.4) is 0 Å². The van der Waals surface area contributed by atoms with Gasteiger partial charge in [0.25, 0.3) is 0 Å². The average Bonchev–Trinajstić information content (AvgIpc) is 2.66. The van der Waals surface area contributed by atoms with Gasteiger partial charge >= 0.3 is 6.03 Å². The zero-order chi connectivity index (χ0) is 13.0. The number of aryl methyl sites for hydroxylation is 1. The normalized spacial score (nSPS) is 19.6. The molecule has 7 heteroatoms. The molecule has 6 nitrogen and oxygen atoms in total. The van der Waals surface area contributed by atoms with E-state index in [0.717, 1.165) is 19.4 Å². The van der Waals surface area contributed by atoms with Crippen molar-refractivity contribution in [2.24, 2.45) is 7.05 Å². The fourth-order valence-corrected chi connectivity index (χ4v) is 2.13. The molecule has 2 heterocycles. The van der Waals surface area contributed by atoms with Crippen molar-refractivity contribution in [2.75, 3.05) is 13.2 Å². The van der Waals surface area contributed by atoms with E-state index >= 15 is 0 Å². The fraction of sp³-hybridized carbons (Fsp3) is 0.636. The molecule has 0 spiro atoms. The predicted octanol–water partition coefficient (Wildman–Crippen LogP) is 1.05. The molecule has 1 saturated heterocycles. The Bertz CT molecular complexity index is 415. The van der Waals surface area contributed by atoms with Crippen molar-refractivity contribution in [1.82, 2.24) is 20.4 Å². The molecule has 2 amide bonds. The van der Waals surface area contributed by atoms with Crippen LogP contribution in [0.15, 0.2) is 6.20 Å². The van der Waals surface area contributed by atoms with Crippen LogP contribution >= 0.6 is 11.6 Å². The zero-order valence-corrected chi connectivity index (χ0v) is 11.0. The molecule has 0 aromatic carbocycles. The molecule has 1 aliphatic heterocycles. The van der Waals surface area contributed by atoms with Gasteiger partial charge in [0, 0.05) is 19.9 Å². The molecular formula is C11H17ClN4O2. The first-order valence-electron chi connectivity index (χ1n) is 5.95. The van der Waals surface area contributed by atoms with Gasteiger partial charge in [0.05, 0.1) is 24.2 Å². The van der Waals surface area contributed by atoms with Crippen LogP contribution in [0, 0.1) is 0 Å². The molecule has 1 fully saturated rings. The summed E-state index contributed by atoms with van der Waals surface area (Å²) in [6.07, 6.45) is 3.64. The quantitative estimate of drug-likeness (QED) is 0.864. The molecular weight excluding hydrogens is 256 g/mol. The van der Waals surface area contributed by atoms with Crippen LogP contribution in [0.25, 0.3) is 0 Å². The lowest BCUT2D eigenvalue weighted by molar-refractivity contribution is 0.0732. The van der Waals surface area contributed by atoms with Crippen LogP contribution in [-0.2, 0) is 18.3 Å². The number of amides is 2. The standard InChI is InChI=1S/C11H17ClN4O2/c1-16-6-9(12)10(15-16)5-13-11(17)14-8-3-2-4-18-7-8/h6,8H,2-5,7H2,1H3,(H2,13,14,17)/t8-/m0/s1. The third kappa shape index (κ3) is 3.61. The molecule has 1 aliphatic rings. The summed E-state index contributed by atoms with van der Waals surface area (Å²) in [7, 11) is 1.79. The Morgan fingerprint density at radius 2 is 2.56 bits per heavy atom. The highest BCUT2D eigenvalue weighted by atomic mass is 35.5. The van der Waals surface area contributed by atoms with Crippen molar-refractivity contribution in [3.63, 3.8) is 0 Å². The van der Waals surface area contributed by atoms with Crippen molar-refractivity contribution >= 4 is 17.6 Å². The van der Waals surface area contributed by atoms with Crippen molar-refractivity contribution < 1.29 is 9.53 Å². The molecule has 0 bridgehead atoms. The monoisotopic (exact) mass is 272 g/mol. The van der Waals surface area contributed by atoms with E-state index in [9.17, 15) is 4.79 Å². The summed E-state index contributed by atoms with van der Waals surface area (Å²) in [5.41, 5.74) is 0.661. The number of carbonyl (C=O) groups is 1. The van der Waals surface area contributed by atoms with Crippen LogP contribution in [0.2, 0.25) is 5.02 Å². The van der Waals surface area contributed by atoms with Crippen molar-refractivity contribution in [3.05, 3.63) is 16.9 Å². The third-order valence-electron chi connectivity index (χ3n) is 2.77. The Kier molecular flexibility index (Phi) is 4.43. The van der Waals surface area contributed by atoms with E-state index in [4.69, 9.17) is 16.3 Å². The molecule has 1 aromatic heterocycles. The smallest absolute Gasteiger partial charge is 0.315 e. The SMILES string of the molecule is Cn1cc(Cl)c(CNC(=O)N[C@H]2CCCOC2)n1. The van der Waals surface area contributed by atoms with Gasteiger partial charge in [-0.05, 0) is 12.8 Å². The minimum absolute atomic E-state index is 0.0953. The summed E-state index contributed by atoms with van der Waals surface area (Å²) in [6.45, 7) is 1.68. The van der Waals surface area contributed by atoms with E-state index in [1.165, 1.54) is 0 Å². The second-order valence-corrected chi connectivity index (χ2v) is 4.75. The van der Waals surface area contributed by atoms with Crippen LogP contribution < -0.4 is 10.6 Å². The van der Waals surface area contributed by atoms with Gasteiger partial charge in [0.1, 0.15) is 5.69 Å². The number of ether oxygens (including phenoxy) is 1. The van der Waals surface area contributed by atoms with Crippen LogP contribution in [-0.4, -0.2) is 35.1 Å². The van der Waals surface area contributed by atoms with Gasteiger partial charge in [-0.1, -0.05) is 11.6 Å². The van der Waals surface area contributed by atoms with Crippen molar-refractivity contribution in [3.8, 4) is 0 Å². The van der Waals surface area contributed by atoms with Gasteiger partial charge in [-0.25, -0.2) is 4.79 Å². The first-order valence-corrected chi connectivity index (χ1v) is 6.33. The minimum Gasteiger partial charge on any atom is -0.379 e. The Balaban J connectivity index is 1.75. The summed E-state index contributed by atoms with van der Waals surface area (Å²) in [4.78, 5) is 11.6. The molecule has 1 aromatic rings. The van der Waals surface area contributed by atoms with E-state index in [1.54, 1.807) is 17.9 Å². The Morgan fingerprint density at radius 1 is 1.72 bits per heavy atom. The second kappa shape index (κ2) is 6.06. The first kappa shape index (κ1) is 13.2. The van der Waals surface area contributed by atoms with Crippen LogP contribution in [0.4, 0.5) is 4.79 Å². The number of rotatable bonds is 3. The summed E-state index contributed by atoms with van der Waals surface area (Å²) >= 11 is 5.95. The van der Waals surface area contributed by atoms with E-state index in [-0.39, 0.29) is 12.1 Å². The Morgan fingerprint density at radius 3 is 3.17 bits per heavy atom. The molecule has 0 unspecified atom stereocenters. The number of nitrogens with one attached hydrogen (secondary N) is 2. The molecule has 1 atom stereocenters. The lowest BCUT2D eigenvalue weighted by Crippen LogP contribution is -2.45. The highest BCUT2D eigenvalue weighted by Gasteiger charge is 2.16.